The topological polar surface area (TPSA) is 46.6 Å². The Bertz CT molecular complexity index is 879. The molecule has 1 aliphatic heterocycles. The molecule has 0 bridgehead atoms. The molecule has 0 spiro atoms. The van der Waals surface area contributed by atoms with Gasteiger partial charge in [0.1, 0.15) is 11.6 Å². The molecule has 0 saturated carbocycles. The molecule has 0 unspecified atom stereocenters. The van der Waals surface area contributed by atoms with E-state index in [9.17, 15) is 14.0 Å². The van der Waals surface area contributed by atoms with E-state index in [1.54, 1.807) is 18.2 Å². The molecule has 4 nitrogen and oxygen atoms in total. The number of hydrogen-bond donors (Lipinski definition) is 0. The maximum atomic E-state index is 13.0. The first-order valence-corrected chi connectivity index (χ1v) is 9.55. The third kappa shape index (κ3) is 4.57. The van der Waals surface area contributed by atoms with Gasteiger partial charge in [0.25, 0.3) is 11.1 Å². The molecule has 3 rings (SSSR count). The smallest absolute Gasteiger partial charge is 0.293 e. The van der Waals surface area contributed by atoms with Crippen LogP contribution in [0.15, 0.2) is 53.4 Å². The van der Waals surface area contributed by atoms with Gasteiger partial charge in [0.05, 0.1) is 17.6 Å². The summed E-state index contributed by atoms with van der Waals surface area (Å²) in [5, 5.41) is -0.337. The van der Waals surface area contributed by atoms with Crippen molar-refractivity contribution in [3.63, 3.8) is 0 Å². The highest BCUT2D eigenvalue weighted by Crippen LogP contribution is 2.35. The molecule has 0 N–H and O–H groups in total. The molecule has 2 amide bonds. The maximum Gasteiger partial charge on any atom is 0.293 e. The van der Waals surface area contributed by atoms with Crippen molar-refractivity contribution in [1.82, 2.24) is 4.90 Å². The zero-order chi connectivity index (χ0) is 19.4. The predicted octanol–water partition coefficient (Wildman–Crippen LogP) is 5.24. The van der Waals surface area contributed by atoms with Crippen LogP contribution in [0.3, 0.4) is 0 Å². The number of rotatable bonds is 6. The van der Waals surface area contributed by atoms with E-state index in [2.05, 4.69) is 0 Å². The van der Waals surface area contributed by atoms with Gasteiger partial charge in [-0.15, -0.1) is 0 Å². The average Bonchev–Trinajstić information content (AvgIpc) is 2.92. The third-order valence-corrected chi connectivity index (χ3v) is 5.14. The van der Waals surface area contributed by atoms with E-state index in [-0.39, 0.29) is 29.6 Å². The van der Waals surface area contributed by atoms with Gasteiger partial charge in [0, 0.05) is 5.56 Å². The van der Waals surface area contributed by atoms with Crippen molar-refractivity contribution in [2.45, 2.75) is 32.9 Å². The molecule has 2 aromatic rings. The Kier molecular flexibility index (Phi) is 5.96. The maximum absolute atomic E-state index is 13.0. The Balaban J connectivity index is 1.81. The summed E-state index contributed by atoms with van der Waals surface area (Å²) < 4.78 is 18.9. The molecule has 1 aliphatic rings. The second-order valence-electron chi connectivity index (χ2n) is 6.27. The van der Waals surface area contributed by atoms with Crippen LogP contribution in [-0.4, -0.2) is 22.2 Å². The van der Waals surface area contributed by atoms with Crippen molar-refractivity contribution in [3.05, 3.63) is 70.4 Å². The third-order valence-electron chi connectivity index (χ3n) is 4.24. The Hall–Kier alpha value is -2.60. The van der Waals surface area contributed by atoms with Crippen molar-refractivity contribution < 1.29 is 18.7 Å². The summed E-state index contributed by atoms with van der Waals surface area (Å²) in [4.78, 5) is 26.5. The standard InChI is InChI=1S/C21H20FNO3S/c1-3-14(2)26-18-7-5-4-6-16(18)12-19-20(24)23(21(25)27-19)13-15-8-10-17(22)11-9-15/h4-12,14H,3,13H2,1-2H3/b19-12+/t14-/m0/s1. The first-order valence-electron chi connectivity index (χ1n) is 8.73. The van der Waals surface area contributed by atoms with E-state index < -0.39 is 0 Å². The minimum Gasteiger partial charge on any atom is -0.490 e. The molecule has 1 saturated heterocycles. The van der Waals surface area contributed by atoms with Gasteiger partial charge in [-0.3, -0.25) is 14.5 Å². The molecule has 0 aliphatic carbocycles. The minimum atomic E-state index is -0.356. The molecule has 0 radical (unpaired) electrons. The molecule has 6 heteroatoms. The van der Waals surface area contributed by atoms with Gasteiger partial charge in [-0.25, -0.2) is 4.39 Å². The number of thioether (sulfide) groups is 1. The quantitative estimate of drug-likeness (QED) is 0.638. The lowest BCUT2D eigenvalue weighted by molar-refractivity contribution is -0.123. The fraction of sp³-hybridized carbons (Fsp3) is 0.238. The molecule has 1 fully saturated rings. The Labute approximate surface area is 162 Å². The second kappa shape index (κ2) is 8.39. The molecular formula is C21H20FNO3S. The Morgan fingerprint density at radius 1 is 1.15 bits per heavy atom. The van der Waals surface area contributed by atoms with Crippen LogP contribution >= 0.6 is 11.8 Å². The molecule has 140 valence electrons. The molecule has 27 heavy (non-hydrogen) atoms. The monoisotopic (exact) mass is 385 g/mol. The number of para-hydroxylation sites is 1. The van der Waals surface area contributed by atoms with E-state index >= 15 is 0 Å². The molecule has 1 heterocycles. The number of carbonyl (C=O) groups excluding carboxylic acids is 2. The van der Waals surface area contributed by atoms with Crippen molar-refractivity contribution in [1.29, 1.82) is 0 Å². The van der Waals surface area contributed by atoms with Gasteiger partial charge in [0.15, 0.2) is 0 Å². The Morgan fingerprint density at radius 2 is 1.85 bits per heavy atom. The first-order chi connectivity index (χ1) is 13.0. The average molecular weight is 385 g/mol. The summed E-state index contributed by atoms with van der Waals surface area (Å²) in [7, 11) is 0. The number of halogens is 1. The van der Waals surface area contributed by atoms with E-state index in [1.165, 1.54) is 17.0 Å². The number of hydrogen-bond acceptors (Lipinski definition) is 4. The van der Waals surface area contributed by atoms with Gasteiger partial charge < -0.3 is 4.74 Å². The summed E-state index contributed by atoms with van der Waals surface area (Å²) in [6, 6.07) is 13.2. The van der Waals surface area contributed by atoms with Crippen molar-refractivity contribution in [2.24, 2.45) is 0 Å². The number of amides is 2. The number of nitrogens with zero attached hydrogens (tertiary/aromatic N) is 1. The zero-order valence-corrected chi connectivity index (χ0v) is 16.0. The molecule has 0 aromatic heterocycles. The number of imide groups is 1. The summed E-state index contributed by atoms with van der Waals surface area (Å²) >= 11 is 0.901. The van der Waals surface area contributed by atoms with Gasteiger partial charge in [-0.2, -0.15) is 0 Å². The van der Waals surface area contributed by atoms with Crippen molar-refractivity contribution in [3.8, 4) is 5.75 Å². The molecule has 1 atom stereocenters. The van der Waals surface area contributed by atoms with Crippen LogP contribution in [0, 0.1) is 5.82 Å². The number of ether oxygens (including phenoxy) is 1. The van der Waals surface area contributed by atoms with E-state index in [0.29, 0.717) is 16.2 Å². The van der Waals surface area contributed by atoms with E-state index in [0.717, 1.165) is 23.7 Å². The first kappa shape index (κ1) is 19.2. The van der Waals surface area contributed by atoms with Crippen LogP contribution in [0.1, 0.15) is 31.4 Å². The van der Waals surface area contributed by atoms with Crippen LogP contribution in [0.4, 0.5) is 9.18 Å². The molecule has 2 aromatic carbocycles. The lowest BCUT2D eigenvalue weighted by atomic mass is 10.1. The van der Waals surface area contributed by atoms with Crippen LogP contribution in [-0.2, 0) is 11.3 Å². The highest BCUT2D eigenvalue weighted by molar-refractivity contribution is 8.18. The fourth-order valence-electron chi connectivity index (χ4n) is 2.56. The van der Waals surface area contributed by atoms with Crippen LogP contribution in [0.2, 0.25) is 0 Å². The highest BCUT2D eigenvalue weighted by Gasteiger charge is 2.35. The minimum absolute atomic E-state index is 0.0492. The Morgan fingerprint density at radius 3 is 2.56 bits per heavy atom. The van der Waals surface area contributed by atoms with Gasteiger partial charge >= 0.3 is 0 Å². The SMILES string of the molecule is CC[C@H](C)Oc1ccccc1/C=C1/SC(=O)N(Cc2ccc(F)cc2)C1=O. The normalized spacial score (nSPS) is 16.9. The number of carbonyl (C=O) groups is 2. The van der Waals surface area contributed by atoms with Gasteiger partial charge in [-0.1, -0.05) is 37.3 Å². The van der Waals surface area contributed by atoms with Crippen molar-refractivity contribution >= 4 is 29.0 Å². The largest absolute Gasteiger partial charge is 0.490 e. The second-order valence-corrected chi connectivity index (χ2v) is 7.26. The summed E-state index contributed by atoms with van der Waals surface area (Å²) in [5.41, 5.74) is 1.45. The summed E-state index contributed by atoms with van der Waals surface area (Å²) in [6.07, 6.45) is 2.60. The lowest BCUT2D eigenvalue weighted by Gasteiger charge is -2.15. The number of benzene rings is 2. The summed E-state index contributed by atoms with van der Waals surface area (Å²) in [6.45, 7) is 4.13. The fourth-order valence-corrected chi connectivity index (χ4v) is 3.39. The van der Waals surface area contributed by atoms with E-state index in [1.807, 2.05) is 38.1 Å². The van der Waals surface area contributed by atoms with Crippen molar-refractivity contribution in [2.75, 3.05) is 0 Å². The van der Waals surface area contributed by atoms with Crippen LogP contribution in [0.25, 0.3) is 6.08 Å². The van der Waals surface area contributed by atoms with Gasteiger partial charge in [-0.05, 0) is 54.9 Å². The zero-order valence-electron chi connectivity index (χ0n) is 15.1. The van der Waals surface area contributed by atoms with E-state index in [4.69, 9.17) is 4.74 Å². The van der Waals surface area contributed by atoms with Gasteiger partial charge in [0.2, 0.25) is 0 Å². The predicted molar refractivity (Wildman–Crippen MR) is 105 cm³/mol. The molecular weight excluding hydrogens is 365 g/mol. The van der Waals surface area contributed by atoms with Crippen LogP contribution < -0.4 is 4.74 Å². The highest BCUT2D eigenvalue weighted by atomic mass is 32.2. The summed E-state index contributed by atoms with van der Waals surface area (Å²) in [5.74, 6) is -0.0319. The lowest BCUT2D eigenvalue weighted by Crippen LogP contribution is -2.27. The van der Waals surface area contributed by atoms with Crippen LogP contribution in [0.5, 0.6) is 5.75 Å².